The van der Waals surface area contributed by atoms with Gasteiger partial charge in [-0.1, -0.05) is 13.0 Å². The molecule has 0 saturated carbocycles. The molecule has 0 fully saturated rings. The van der Waals surface area contributed by atoms with Gasteiger partial charge in [-0.25, -0.2) is 21.2 Å². The minimum Gasteiger partial charge on any atom is -0.324 e. The zero-order chi connectivity index (χ0) is 22.8. The predicted octanol–water partition coefficient (Wildman–Crippen LogP) is 3.08. The van der Waals surface area contributed by atoms with E-state index in [9.17, 15) is 26.0 Å². The molecule has 1 aliphatic rings. The first-order chi connectivity index (χ1) is 14.5. The van der Waals surface area contributed by atoms with Crippen molar-refractivity contribution in [2.75, 3.05) is 26.6 Å². The summed E-state index contributed by atoms with van der Waals surface area (Å²) in [6, 6.07) is 7.88. The summed E-state index contributed by atoms with van der Waals surface area (Å²) in [5, 5.41) is 2.27. The summed E-state index contributed by atoms with van der Waals surface area (Å²) in [6.07, 6.45) is 1.85. The summed E-state index contributed by atoms with van der Waals surface area (Å²) < 4.78 is 68.6. The fourth-order valence-electron chi connectivity index (χ4n) is 3.43. The van der Waals surface area contributed by atoms with Crippen molar-refractivity contribution < 1.29 is 26.0 Å². The molecule has 11 heteroatoms. The number of anilines is 3. The number of rotatable bonds is 7. The van der Waals surface area contributed by atoms with E-state index in [0.717, 1.165) is 17.7 Å². The van der Waals surface area contributed by atoms with E-state index in [1.54, 1.807) is 19.1 Å². The average Bonchev–Trinajstić information content (AvgIpc) is 2.68. The normalized spacial score (nSPS) is 14.1. The summed E-state index contributed by atoms with van der Waals surface area (Å²) in [5.41, 5.74) is 1.31. The number of fused-ring (bicyclic) bond motifs is 1. The molecule has 0 spiro atoms. The van der Waals surface area contributed by atoms with Crippen molar-refractivity contribution in [2.45, 2.75) is 38.0 Å². The fourth-order valence-corrected chi connectivity index (χ4v) is 6.10. The maximum absolute atomic E-state index is 14.2. The highest BCUT2D eigenvalue weighted by atomic mass is 32.2. The minimum atomic E-state index is -4.14. The van der Waals surface area contributed by atoms with Crippen LogP contribution in [0.15, 0.2) is 41.3 Å². The molecular weight excluding hydrogens is 445 g/mol. The molecule has 0 atom stereocenters. The van der Waals surface area contributed by atoms with Crippen LogP contribution in [0.2, 0.25) is 0 Å². The number of halogens is 1. The number of nitrogens with zero attached hydrogens (tertiary/aromatic N) is 1. The van der Waals surface area contributed by atoms with E-state index in [4.69, 9.17) is 0 Å². The van der Waals surface area contributed by atoms with Crippen LogP contribution in [0.3, 0.4) is 0 Å². The van der Waals surface area contributed by atoms with Crippen molar-refractivity contribution in [1.29, 1.82) is 0 Å². The molecule has 0 bridgehead atoms. The third-order valence-corrected chi connectivity index (χ3v) is 8.13. The van der Waals surface area contributed by atoms with Crippen molar-refractivity contribution in [3.63, 3.8) is 0 Å². The molecule has 0 aliphatic carbocycles. The number of amides is 1. The lowest BCUT2D eigenvalue weighted by Gasteiger charge is -2.31. The van der Waals surface area contributed by atoms with Crippen LogP contribution >= 0.6 is 0 Å². The van der Waals surface area contributed by atoms with Crippen molar-refractivity contribution >= 4 is 43.0 Å². The zero-order valence-corrected chi connectivity index (χ0v) is 18.8. The summed E-state index contributed by atoms with van der Waals surface area (Å²) in [4.78, 5) is 10.8. The van der Waals surface area contributed by atoms with E-state index in [-0.39, 0.29) is 22.0 Å². The number of sulfonamides is 2. The quantitative estimate of drug-likeness (QED) is 0.647. The van der Waals surface area contributed by atoms with Crippen LogP contribution < -0.4 is 14.3 Å². The Kier molecular flexibility index (Phi) is 6.56. The van der Waals surface area contributed by atoms with E-state index < -0.39 is 31.8 Å². The lowest BCUT2D eigenvalue weighted by atomic mass is 10.0. The molecule has 31 heavy (non-hydrogen) atoms. The molecule has 0 unspecified atom stereocenters. The number of carbonyl (C=O) groups is 1. The Labute approximate surface area is 181 Å². The lowest BCUT2D eigenvalue weighted by molar-refractivity contribution is -0.114. The SMILES string of the molecule is CCCS(=O)(=O)N1CCCc2ccc(NS(=O)(=O)c3ccc(NC(C)=O)c(F)c3)cc21. The second-order valence-electron chi connectivity index (χ2n) is 7.26. The van der Waals surface area contributed by atoms with Gasteiger partial charge in [-0.3, -0.25) is 13.8 Å². The smallest absolute Gasteiger partial charge is 0.261 e. The monoisotopic (exact) mass is 469 g/mol. The van der Waals surface area contributed by atoms with Crippen molar-refractivity contribution in [3.8, 4) is 0 Å². The Hall–Kier alpha value is -2.66. The number of nitrogens with one attached hydrogen (secondary N) is 2. The fraction of sp³-hybridized carbons (Fsp3) is 0.350. The first-order valence-electron chi connectivity index (χ1n) is 9.77. The predicted molar refractivity (Wildman–Crippen MR) is 118 cm³/mol. The van der Waals surface area contributed by atoms with Crippen LogP contribution in [-0.2, 0) is 31.3 Å². The molecule has 1 aliphatic heterocycles. The van der Waals surface area contributed by atoms with E-state index >= 15 is 0 Å². The van der Waals surface area contributed by atoms with Gasteiger partial charge < -0.3 is 5.32 Å². The molecule has 2 N–H and O–H groups in total. The molecule has 2 aromatic carbocycles. The molecule has 1 heterocycles. The van der Waals surface area contributed by atoms with Gasteiger partial charge in [0, 0.05) is 13.5 Å². The Morgan fingerprint density at radius 1 is 1.13 bits per heavy atom. The van der Waals surface area contributed by atoms with Gasteiger partial charge in [0.25, 0.3) is 10.0 Å². The van der Waals surface area contributed by atoms with Crippen molar-refractivity contribution in [1.82, 2.24) is 0 Å². The summed E-state index contributed by atoms with van der Waals surface area (Å²) in [6.45, 7) is 3.33. The molecule has 0 aromatic heterocycles. The molecule has 168 valence electrons. The molecule has 0 saturated heterocycles. The van der Waals surface area contributed by atoms with Gasteiger partial charge >= 0.3 is 0 Å². The highest BCUT2D eigenvalue weighted by Gasteiger charge is 2.27. The second-order valence-corrected chi connectivity index (χ2v) is 11.0. The second kappa shape index (κ2) is 8.83. The first-order valence-corrected chi connectivity index (χ1v) is 12.9. The van der Waals surface area contributed by atoms with Gasteiger partial charge in [-0.2, -0.15) is 0 Å². The van der Waals surface area contributed by atoms with Gasteiger partial charge in [-0.05, 0) is 55.2 Å². The zero-order valence-electron chi connectivity index (χ0n) is 17.2. The number of benzene rings is 2. The highest BCUT2D eigenvalue weighted by molar-refractivity contribution is 7.93. The Morgan fingerprint density at radius 2 is 1.87 bits per heavy atom. The van der Waals surface area contributed by atoms with Gasteiger partial charge in [0.1, 0.15) is 5.82 Å². The van der Waals surface area contributed by atoms with Gasteiger partial charge in [0.05, 0.1) is 27.7 Å². The van der Waals surface area contributed by atoms with E-state index in [1.807, 2.05) is 0 Å². The Balaban J connectivity index is 1.91. The van der Waals surface area contributed by atoms with Crippen LogP contribution in [0.5, 0.6) is 0 Å². The molecule has 8 nitrogen and oxygen atoms in total. The van der Waals surface area contributed by atoms with Crippen LogP contribution in [-0.4, -0.2) is 35.0 Å². The maximum atomic E-state index is 14.2. The third-order valence-electron chi connectivity index (χ3n) is 4.77. The summed E-state index contributed by atoms with van der Waals surface area (Å²) >= 11 is 0. The van der Waals surface area contributed by atoms with Crippen LogP contribution in [0.4, 0.5) is 21.5 Å². The van der Waals surface area contributed by atoms with E-state index in [2.05, 4.69) is 10.0 Å². The molecule has 3 rings (SSSR count). The average molecular weight is 470 g/mol. The molecule has 1 amide bonds. The number of aryl methyl sites for hydroxylation is 1. The molecule has 0 radical (unpaired) electrons. The molecule has 2 aromatic rings. The van der Waals surface area contributed by atoms with Crippen LogP contribution in [0.1, 0.15) is 32.3 Å². The van der Waals surface area contributed by atoms with E-state index in [0.29, 0.717) is 31.5 Å². The van der Waals surface area contributed by atoms with E-state index in [1.165, 1.54) is 23.4 Å². The van der Waals surface area contributed by atoms with Gasteiger partial charge in [-0.15, -0.1) is 0 Å². The number of hydrogen-bond acceptors (Lipinski definition) is 5. The van der Waals surface area contributed by atoms with Gasteiger partial charge in [0.2, 0.25) is 15.9 Å². The largest absolute Gasteiger partial charge is 0.324 e. The first kappa shape index (κ1) is 23.0. The van der Waals surface area contributed by atoms with Crippen LogP contribution in [0, 0.1) is 5.82 Å². The maximum Gasteiger partial charge on any atom is 0.261 e. The lowest BCUT2D eigenvalue weighted by Crippen LogP contribution is -2.37. The third kappa shape index (κ3) is 5.16. The topological polar surface area (TPSA) is 113 Å². The molecular formula is C20H24FN3O5S2. The highest BCUT2D eigenvalue weighted by Crippen LogP contribution is 2.33. The number of hydrogen-bond donors (Lipinski definition) is 2. The standard InChI is InChI=1S/C20H24FN3O5S2/c1-3-11-30(26,27)24-10-4-5-15-6-7-16(12-20(15)24)23-31(28,29)17-8-9-19(18(21)13-17)22-14(2)25/h6-9,12-13,23H,3-5,10-11H2,1-2H3,(H,22,25). The Morgan fingerprint density at radius 3 is 2.52 bits per heavy atom. The van der Waals surface area contributed by atoms with Crippen molar-refractivity contribution in [2.24, 2.45) is 0 Å². The van der Waals surface area contributed by atoms with Crippen LogP contribution in [0.25, 0.3) is 0 Å². The Bertz CT molecular complexity index is 1210. The number of carbonyl (C=O) groups excluding carboxylic acids is 1. The summed E-state index contributed by atoms with van der Waals surface area (Å²) in [7, 11) is -7.65. The van der Waals surface area contributed by atoms with Crippen molar-refractivity contribution in [3.05, 3.63) is 47.8 Å². The summed E-state index contributed by atoms with van der Waals surface area (Å²) in [5.74, 6) is -1.37. The minimum absolute atomic E-state index is 0.00230. The van der Waals surface area contributed by atoms with Gasteiger partial charge in [0.15, 0.2) is 0 Å².